The molecule has 0 saturated heterocycles. The summed E-state index contributed by atoms with van der Waals surface area (Å²) in [6.45, 7) is 3.98. The number of nitrogens with one attached hydrogen (secondary N) is 1. The summed E-state index contributed by atoms with van der Waals surface area (Å²) < 4.78 is 5.08. The molecule has 0 radical (unpaired) electrons. The molecule has 0 unspecified atom stereocenters. The van der Waals surface area contributed by atoms with E-state index in [0.717, 1.165) is 16.8 Å². The lowest BCUT2D eigenvalue weighted by atomic mass is 10.0. The number of halogens is 2. The molecule has 0 amide bonds. The number of benzene rings is 1. The second-order valence-electron chi connectivity index (χ2n) is 4.42. The summed E-state index contributed by atoms with van der Waals surface area (Å²) in [5, 5.41) is 1.02. The van der Waals surface area contributed by atoms with Crippen LogP contribution in [0.3, 0.4) is 0 Å². The number of rotatable bonds is 4. The van der Waals surface area contributed by atoms with Gasteiger partial charge >= 0.3 is 5.97 Å². The van der Waals surface area contributed by atoms with Crippen molar-refractivity contribution in [3.63, 3.8) is 0 Å². The third kappa shape index (κ3) is 3.00. The van der Waals surface area contributed by atoms with E-state index in [0.29, 0.717) is 28.6 Å². The molecule has 0 saturated carbocycles. The fourth-order valence-corrected chi connectivity index (χ4v) is 2.48. The monoisotopic (exact) mass is 311 g/mol. The van der Waals surface area contributed by atoms with Crippen LogP contribution in [0.25, 0.3) is 0 Å². The van der Waals surface area contributed by atoms with E-state index < -0.39 is 0 Å². The smallest absolute Gasteiger partial charge is 0.340 e. The van der Waals surface area contributed by atoms with Crippen molar-refractivity contribution in [1.29, 1.82) is 0 Å². The third-order valence-electron chi connectivity index (χ3n) is 3.05. The highest BCUT2D eigenvalue weighted by atomic mass is 35.5. The Morgan fingerprint density at radius 3 is 2.75 bits per heavy atom. The molecule has 3 nitrogen and oxygen atoms in total. The lowest BCUT2D eigenvalue weighted by Gasteiger charge is -2.07. The summed E-state index contributed by atoms with van der Waals surface area (Å²) >= 11 is 12.2. The first-order valence-corrected chi connectivity index (χ1v) is 7.07. The molecule has 0 aliphatic carbocycles. The Kier molecular flexibility index (Phi) is 4.73. The zero-order chi connectivity index (χ0) is 14.7. The molecular weight excluding hydrogens is 297 g/mol. The maximum Gasteiger partial charge on any atom is 0.340 e. The van der Waals surface area contributed by atoms with Crippen LogP contribution < -0.4 is 0 Å². The van der Waals surface area contributed by atoms with Gasteiger partial charge in [0.2, 0.25) is 0 Å². The van der Waals surface area contributed by atoms with Crippen LogP contribution in [0.5, 0.6) is 0 Å². The van der Waals surface area contributed by atoms with Gasteiger partial charge in [-0.1, -0.05) is 35.3 Å². The lowest BCUT2D eigenvalue weighted by Crippen LogP contribution is -2.08. The van der Waals surface area contributed by atoms with E-state index in [1.54, 1.807) is 19.2 Å². The van der Waals surface area contributed by atoms with E-state index in [1.165, 1.54) is 0 Å². The van der Waals surface area contributed by atoms with Crippen LogP contribution in [-0.2, 0) is 11.2 Å². The highest BCUT2D eigenvalue weighted by Crippen LogP contribution is 2.28. The number of carbonyl (C=O) groups excluding carboxylic acids is 1. The average molecular weight is 312 g/mol. The fraction of sp³-hybridized carbons (Fsp3) is 0.267. The molecule has 0 aliphatic heterocycles. The SMILES string of the molecule is CCOC(=O)c1c(Cc2cccc(Cl)c2Cl)c[nH]c1C. The minimum Gasteiger partial charge on any atom is -0.462 e. The first-order chi connectivity index (χ1) is 9.54. The Morgan fingerprint density at radius 1 is 1.30 bits per heavy atom. The van der Waals surface area contributed by atoms with Crippen LogP contribution in [0.4, 0.5) is 0 Å². The Bertz CT molecular complexity index is 635. The number of aromatic nitrogens is 1. The van der Waals surface area contributed by atoms with Gasteiger partial charge in [0, 0.05) is 18.3 Å². The van der Waals surface area contributed by atoms with Gasteiger partial charge < -0.3 is 9.72 Å². The topological polar surface area (TPSA) is 42.1 Å². The van der Waals surface area contributed by atoms with Gasteiger partial charge in [-0.3, -0.25) is 0 Å². The second-order valence-corrected chi connectivity index (χ2v) is 5.21. The van der Waals surface area contributed by atoms with Crippen molar-refractivity contribution in [3.8, 4) is 0 Å². The van der Waals surface area contributed by atoms with Gasteiger partial charge in [-0.25, -0.2) is 4.79 Å². The molecule has 1 N–H and O–H groups in total. The van der Waals surface area contributed by atoms with Crippen LogP contribution in [0.2, 0.25) is 10.0 Å². The molecule has 1 heterocycles. The van der Waals surface area contributed by atoms with E-state index in [1.807, 2.05) is 19.1 Å². The Morgan fingerprint density at radius 2 is 2.05 bits per heavy atom. The summed E-state index contributed by atoms with van der Waals surface area (Å²) in [6, 6.07) is 5.47. The zero-order valence-electron chi connectivity index (χ0n) is 11.3. The number of hydrogen-bond donors (Lipinski definition) is 1. The van der Waals surface area contributed by atoms with Crippen molar-refractivity contribution < 1.29 is 9.53 Å². The van der Waals surface area contributed by atoms with Crippen LogP contribution in [0, 0.1) is 6.92 Å². The van der Waals surface area contributed by atoms with Crippen molar-refractivity contribution in [2.45, 2.75) is 20.3 Å². The molecule has 1 aromatic carbocycles. The number of esters is 1. The molecule has 0 bridgehead atoms. The molecule has 0 atom stereocenters. The summed E-state index contributed by atoms with van der Waals surface area (Å²) in [4.78, 5) is 15.0. The number of hydrogen-bond acceptors (Lipinski definition) is 2. The maximum atomic E-state index is 12.0. The molecule has 106 valence electrons. The number of H-pyrrole nitrogens is 1. The van der Waals surface area contributed by atoms with Crippen LogP contribution in [0.1, 0.15) is 34.1 Å². The largest absolute Gasteiger partial charge is 0.462 e. The number of carbonyl (C=O) groups is 1. The number of aromatic amines is 1. The summed E-state index contributed by atoms with van der Waals surface area (Å²) in [5.74, 6) is -0.320. The summed E-state index contributed by atoms with van der Waals surface area (Å²) in [5.41, 5.74) is 3.09. The first-order valence-electron chi connectivity index (χ1n) is 6.31. The quantitative estimate of drug-likeness (QED) is 0.850. The molecule has 0 spiro atoms. The molecule has 2 aromatic rings. The van der Waals surface area contributed by atoms with Crippen molar-refractivity contribution in [2.75, 3.05) is 6.61 Å². The molecule has 1 aromatic heterocycles. The van der Waals surface area contributed by atoms with E-state index in [-0.39, 0.29) is 5.97 Å². The van der Waals surface area contributed by atoms with Crippen molar-refractivity contribution >= 4 is 29.2 Å². The van der Waals surface area contributed by atoms with E-state index in [4.69, 9.17) is 27.9 Å². The molecule has 2 rings (SSSR count). The van der Waals surface area contributed by atoms with E-state index in [9.17, 15) is 4.79 Å². The van der Waals surface area contributed by atoms with E-state index >= 15 is 0 Å². The van der Waals surface area contributed by atoms with Gasteiger partial charge in [0.25, 0.3) is 0 Å². The molecule has 0 aliphatic rings. The predicted molar refractivity (Wildman–Crippen MR) is 80.8 cm³/mol. The van der Waals surface area contributed by atoms with Gasteiger partial charge in [-0.15, -0.1) is 0 Å². The Labute approximate surface area is 127 Å². The van der Waals surface area contributed by atoms with Crippen LogP contribution in [0.15, 0.2) is 24.4 Å². The minimum absolute atomic E-state index is 0.320. The molecule has 20 heavy (non-hydrogen) atoms. The van der Waals surface area contributed by atoms with Gasteiger partial charge in [0.15, 0.2) is 0 Å². The van der Waals surface area contributed by atoms with Crippen molar-refractivity contribution in [2.24, 2.45) is 0 Å². The third-order valence-corrected chi connectivity index (χ3v) is 3.91. The maximum absolute atomic E-state index is 12.0. The summed E-state index contributed by atoms with van der Waals surface area (Å²) in [7, 11) is 0. The summed E-state index contributed by atoms with van der Waals surface area (Å²) in [6.07, 6.45) is 2.33. The van der Waals surface area contributed by atoms with Gasteiger partial charge in [0.05, 0.1) is 22.2 Å². The molecular formula is C15H15Cl2NO2. The Hall–Kier alpha value is -1.45. The van der Waals surface area contributed by atoms with Crippen molar-refractivity contribution in [1.82, 2.24) is 4.98 Å². The average Bonchev–Trinajstić information content (AvgIpc) is 2.76. The number of aryl methyl sites for hydroxylation is 1. The molecule has 5 heteroatoms. The second kappa shape index (κ2) is 6.33. The lowest BCUT2D eigenvalue weighted by molar-refractivity contribution is 0.0524. The minimum atomic E-state index is -0.320. The highest BCUT2D eigenvalue weighted by Gasteiger charge is 2.18. The Balaban J connectivity index is 2.35. The van der Waals surface area contributed by atoms with Gasteiger partial charge in [0.1, 0.15) is 0 Å². The van der Waals surface area contributed by atoms with Crippen LogP contribution in [-0.4, -0.2) is 17.6 Å². The normalized spacial score (nSPS) is 10.6. The van der Waals surface area contributed by atoms with Gasteiger partial charge in [-0.2, -0.15) is 0 Å². The standard InChI is InChI=1S/C15H15Cl2NO2/c1-3-20-15(19)13-9(2)18-8-11(13)7-10-5-4-6-12(16)14(10)17/h4-6,8,18H,3,7H2,1-2H3. The van der Waals surface area contributed by atoms with Crippen LogP contribution >= 0.6 is 23.2 Å². The van der Waals surface area contributed by atoms with E-state index in [2.05, 4.69) is 4.98 Å². The van der Waals surface area contributed by atoms with Crippen molar-refractivity contribution in [3.05, 3.63) is 56.8 Å². The number of ether oxygens (including phenoxy) is 1. The molecule has 0 fully saturated rings. The fourth-order valence-electron chi connectivity index (χ4n) is 2.10. The van der Waals surface area contributed by atoms with Gasteiger partial charge in [-0.05, 0) is 31.0 Å². The highest BCUT2D eigenvalue weighted by molar-refractivity contribution is 6.42. The first kappa shape index (κ1) is 14.9. The zero-order valence-corrected chi connectivity index (χ0v) is 12.8. The predicted octanol–water partition coefficient (Wildman–Crippen LogP) is 4.40.